The van der Waals surface area contributed by atoms with E-state index < -0.39 is 0 Å². The third kappa shape index (κ3) is 4.71. The molecule has 0 bridgehead atoms. The van der Waals surface area contributed by atoms with Gasteiger partial charge in [0, 0.05) is 6.04 Å². The van der Waals surface area contributed by atoms with Crippen LogP contribution in [0.4, 0.5) is 0 Å². The summed E-state index contributed by atoms with van der Waals surface area (Å²) in [5.41, 5.74) is 0.949. The second-order valence-corrected chi connectivity index (χ2v) is 9.46. The normalized spacial score (nSPS) is 23.4. The van der Waals surface area contributed by atoms with Crippen LogP contribution in [-0.4, -0.2) is 27.5 Å². The first-order chi connectivity index (χ1) is 12.0. The summed E-state index contributed by atoms with van der Waals surface area (Å²) in [4.78, 5) is 12.3. The number of thioether (sulfide) groups is 1. The molecule has 134 valence electrons. The van der Waals surface area contributed by atoms with E-state index in [1.54, 1.807) is 4.68 Å². The molecule has 0 aliphatic heterocycles. The first-order valence-corrected chi connectivity index (χ1v) is 10.8. The molecule has 0 saturated heterocycles. The molecule has 1 heterocycles. The molecule has 1 aliphatic rings. The van der Waals surface area contributed by atoms with Crippen LogP contribution in [0.5, 0.6) is 0 Å². The molecule has 1 aliphatic carbocycles. The minimum absolute atomic E-state index is 0.0864. The van der Waals surface area contributed by atoms with E-state index in [-0.39, 0.29) is 5.91 Å². The molecule has 0 unspecified atom stereocenters. The number of nitrogens with one attached hydrogen (secondary N) is 1. The van der Waals surface area contributed by atoms with Crippen LogP contribution in [0.3, 0.4) is 0 Å². The number of para-hydroxylation sites is 1. The van der Waals surface area contributed by atoms with Gasteiger partial charge in [-0.05, 0) is 42.6 Å². The lowest BCUT2D eigenvalue weighted by molar-refractivity contribution is -0.119. The van der Waals surface area contributed by atoms with Gasteiger partial charge in [-0.25, -0.2) is 4.68 Å². The number of hydrogen-bond donors (Lipinski definition) is 1. The monoisotopic (exact) mass is 393 g/mol. The summed E-state index contributed by atoms with van der Waals surface area (Å²) >= 11 is 8.30. The average molecular weight is 394 g/mol. The molecular formula is C18H23N3OS3. The van der Waals surface area contributed by atoms with Crippen LogP contribution in [0.2, 0.25) is 0 Å². The van der Waals surface area contributed by atoms with Crippen molar-refractivity contribution in [2.45, 2.75) is 43.5 Å². The van der Waals surface area contributed by atoms with Crippen molar-refractivity contribution in [3.05, 3.63) is 34.3 Å². The van der Waals surface area contributed by atoms with Gasteiger partial charge >= 0.3 is 0 Å². The first-order valence-electron chi connectivity index (χ1n) is 8.62. The number of nitrogens with zero attached hydrogens (tertiary/aromatic N) is 2. The zero-order chi connectivity index (χ0) is 17.8. The fraction of sp³-hybridized carbons (Fsp3) is 0.500. The number of hydrogen-bond acceptors (Lipinski definition) is 5. The summed E-state index contributed by atoms with van der Waals surface area (Å²) in [6.07, 6.45) is 3.55. The van der Waals surface area contributed by atoms with Crippen molar-refractivity contribution in [3.63, 3.8) is 0 Å². The van der Waals surface area contributed by atoms with E-state index in [0.717, 1.165) is 16.4 Å². The smallest absolute Gasteiger partial charge is 0.230 e. The molecule has 1 aromatic heterocycles. The summed E-state index contributed by atoms with van der Waals surface area (Å²) in [5.74, 6) is 1.69. The third-order valence-electron chi connectivity index (χ3n) is 4.91. The van der Waals surface area contributed by atoms with E-state index in [1.165, 1.54) is 35.9 Å². The lowest BCUT2D eigenvalue weighted by Crippen LogP contribution is -2.44. The van der Waals surface area contributed by atoms with Gasteiger partial charge in [0.15, 0.2) is 8.29 Å². The standard InChI is InChI=1S/C18H23N3OS3/c1-12-7-6-10-15(13(12)2)19-16(22)11-24-17-20-21(18(23)25-17)14-8-4-3-5-9-14/h3-5,8-9,12-13,15H,6-7,10-11H2,1-2H3,(H,19,22)/t12-,13-,15-/m1/s1. The van der Waals surface area contributed by atoms with Crippen molar-refractivity contribution in [2.24, 2.45) is 11.8 Å². The molecule has 25 heavy (non-hydrogen) atoms. The van der Waals surface area contributed by atoms with Crippen molar-refractivity contribution < 1.29 is 4.79 Å². The highest BCUT2D eigenvalue weighted by atomic mass is 32.2. The van der Waals surface area contributed by atoms with Gasteiger partial charge in [-0.3, -0.25) is 4.79 Å². The second-order valence-electron chi connectivity index (χ2n) is 6.61. The van der Waals surface area contributed by atoms with Crippen LogP contribution in [-0.2, 0) is 4.79 Å². The lowest BCUT2D eigenvalue weighted by atomic mass is 9.78. The molecule has 0 spiro atoms. The molecule has 7 heteroatoms. The Kier molecular flexibility index (Phi) is 6.30. The number of carbonyl (C=O) groups is 1. The highest BCUT2D eigenvalue weighted by Gasteiger charge is 2.28. The molecule has 4 nitrogen and oxygen atoms in total. The summed E-state index contributed by atoms with van der Waals surface area (Å²) in [6.45, 7) is 4.52. The highest BCUT2D eigenvalue weighted by Crippen LogP contribution is 2.30. The first kappa shape index (κ1) is 18.6. The number of benzene rings is 1. The minimum Gasteiger partial charge on any atom is -0.352 e. The van der Waals surface area contributed by atoms with E-state index in [4.69, 9.17) is 12.2 Å². The number of aromatic nitrogens is 2. The largest absolute Gasteiger partial charge is 0.352 e. The SMILES string of the molecule is C[C@@H]1[C@H](C)CCC[C@H]1NC(=O)CSc1nn(-c2ccccc2)c(=S)s1. The molecule has 3 rings (SSSR count). The summed E-state index contributed by atoms with van der Waals surface area (Å²) in [7, 11) is 0. The molecule has 1 amide bonds. The summed E-state index contributed by atoms with van der Waals surface area (Å²) < 4.78 is 3.28. The van der Waals surface area contributed by atoms with Crippen molar-refractivity contribution in [1.29, 1.82) is 0 Å². The molecule has 1 saturated carbocycles. The van der Waals surface area contributed by atoms with Crippen LogP contribution in [0.1, 0.15) is 33.1 Å². The Morgan fingerprint density at radius 1 is 1.36 bits per heavy atom. The minimum atomic E-state index is 0.0864. The molecule has 1 aromatic carbocycles. The molecular weight excluding hydrogens is 370 g/mol. The van der Waals surface area contributed by atoms with Crippen molar-refractivity contribution in [1.82, 2.24) is 15.1 Å². The molecule has 3 atom stereocenters. The number of rotatable bonds is 5. The van der Waals surface area contributed by atoms with E-state index in [1.807, 2.05) is 30.3 Å². The van der Waals surface area contributed by atoms with Crippen LogP contribution in [0.15, 0.2) is 34.7 Å². The molecule has 2 aromatic rings. The Hall–Kier alpha value is -1.18. The zero-order valence-corrected chi connectivity index (χ0v) is 16.9. The topological polar surface area (TPSA) is 46.9 Å². The quantitative estimate of drug-likeness (QED) is 0.591. The fourth-order valence-corrected chi connectivity index (χ4v) is 5.39. The van der Waals surface area contributed by atoms with Gasteiger partial charge in [0.1, 0.15) is 0 Å². The van der Waals surface area contributed by atoms with E-state index >= 15 is 0 Å². The number of amides is 1. The maximum Gasteiger partial charge on any atom is 0.230 e. The van der Waals surface area contributed by atoms with Crippen LogP contribution in [0, 0.1) is 15.8 Å². The maximum atomic E-state index is 12.3. The second kappa shape index (κ2) is 8.47. The van der Waals surface area contributed by atoms with Gasteiger partial charge in [0.05, 0.1) is 11.4 Å². The average Bonchev–Trinajstić information content (AvgIpc) is 2.99. The molecule has 1 fully saturated rings. The predicted molar refractivity (Wildman–Crippen MR) is 107 cm³/mol. The molecule has 0 radical (unpaired) electrons. The van der Waals surface area contributed by atoms with Gasteiger partial charge in [0.25, 0.3) is 0 Å². The highest BCUT2D eigenvalue weighted by molar-refractivity contribution is 8.01. The zero-order valence-electron chi connectivity index (χ0n) is 14.5. The van der Waals surface area contributed by atoms with Gasteiger partial charge in [-0.1, -0.05) is 68.0 Å². The Morgan fingerprint density at radius 2 is 2.12 bits per heavy atom. The Balaban J connectivity index is 1.57. The molecule has 1 N–H and O–H groups in total. The lowest BCUT2D eigenvalue weighted by Gasteiger charge is -2.34. The van der Waals surface area contributed by atoms with Gasteiger partial charge in [0.2, 0.25) is 5.91 Å². The van der Waals surface area contributed by atoms with Crippen molar-refractivity contribution >= 4 is 41.2 Å². The maximum absolute atomic E-state index is 12.3. The van der Waals surface area contributed by atoms with Crippen molar-refractivity contribution in [3.8, 4) is 5.69 Å². The predicted octanol–water partition coefficient (Wildman–Crippen LogP) is 4.70. The fourth-order valence-electron chi connectivity index (χ4n) is 3.21. The number of carbonyl (C=O) groups excluding carboxylic acids is 1. The Bertz CT molecular complexity index is 771. The van der Waals surface area contributed by atoms with Gasteiger partial charge in [-0.15, -0.1) is 5.10 Å². The van der Waals surface area contributed by atoms with Gasteiger partial charge in [-0.2, -0.15) is 0 Å². The van der Waals surface area contributed by atoms with Crippen molar-refractivity contribution in [2.75, 3.05) is 5.75 Å². The van der Waals surface area contributed by atoms with Crippen LogP contribution in [0.25, 0.3) is 5.69 Å². The van der Waals surface area contributed by atoms with E-state index in [2.05, 4.69) is 24.3 Å². The summed E-state index contributed by atoms with van der Waals surface area (Å²) in [6, 6.07) is 10.1. The van der Waals surface area contributed by atoms with E-state index in [0.29, 0.717) is 27.6 Å². The van der Waals surface area contributed by atoms with Crippen LogP contribution >= 0.6 is 35.3 Å². The Morgan fingerprint density at radius 3 is 2.88 bits per heavy atom. The summed E-state index contributed by atoms with van der Waals surface area (Å²) in [5, 5.41) is 7.75. The van der Waals surface area contributed by atoms with Gasteiger partial charge < -0.3 is 5.32 Å². The Labute approximate surface area is 162 Å². The van der Waals surface area contributed by atoms with Crippen LogP contribution < -0.4 is 5.32 Å². The van der Waals surface area contributed by atoms with E-state index in [9.17, 15) is 4.79 Å². The third-order valence-corrected chi connectivity index (χ3v) is 7.28.